The Bertz CT molecular complexity index is 1440. The highest BCUT2D eigenvalue weighted by Crippen LogP contribution is 2.36. The van der Waals surface area contributed by atoms with Crippen LogP contribution in [-0.4, -0.2) is 40.0 Å². The molecular formula is C28H30ClFN6O4. The third kappa shape index (κ3) is 6.25. The number of aromatic amines is 1. The topological polar surface area (TPSA) is 138 Å². The van der Waals surface area contributed by atoms with E-state index >= 15 is 0 Å². The molecule has 0 spiro atoms. The number of carbonyl (C=O) groups is 3. The monoisotopic (exact) mass is 568 g/mol. The zero-order valence-electron chi connectivity index (χ0n) is 22.0. The number of aromatic nitrogens is 3. The normalized spacial score (nSPS) is 17.7. The van der Waals surface area contributed by atoms with Crippen molar-refractivity contribution in [3.63, 3.8) is 0 Å². The standard InChI is InChI=1S/C28H30ClFN6O4/c1-40-28(39)32-17-7-9-18-21(13-17)33-23(37)12-11-20-19(30)10-8-16(31-20)14-22(26-35-24(18)25(29)36-26)34-27(38)15-5-3-2-4-6-15/h7-10,13,15,22H,2-6,11-12,14H2,1H3,(H,32,39)(H,33,37)(H,34,38)(H,35,36). The van der Waals surface area contributed by atoms with Crippen LogP contribution in [-0.2, 0) is 27.2 Å². The zero-order chi connectivity index (χ0) is 28.2. The lowest BCUT2D eigenvalue weighted by atomic mass is 9.88. The van der Waals surface area contributed by atoms with Crippen LogP contribution >= 0.6 is 11.6 Å². The number of methoxy groups -OCH3 is 1. The van der Waals surface area contributed by atoms with Gasteiger partial charge in [-0.3, -0.25) is 19.9 Å². The van der Waals surface area contributed by atoms with Crippen molar-refractivity contribution < 1.29 is 23.5 Å². The maximum Gasteiger partial charge on any atom is 0.411 e. The molecule has 1 aliphatic carbocycles. The van der Waals surface area contributed by atoms with Crippen LogP contribution in [0, 0.1) is 11.7 Å². The van der Waals surface area contributed by atoms with Gasteiger partial charge in [0.2, 0.25) is 11.8 Å². The van der Waals surface area contributed by atoms with Gasteiger partial charge in [0.15, 0.2) is 0 Å². The van der Waals surface area contributed by atoms with Crippen molar-refractivity contribution in [1.82, 2.24) is 20.3 Å². The Morgan fingerprint density at radius 2 is 1.90 bits per heavy atom. The average molecular weight is 569 g/mol. The van der Waals surface area contributed by atoms with Crippen LogP contribution in [0.25, 0.3) is 11.3 Å². The number of carbonyl (C=O) groups excluding carboxylic acids is 3. The predicted molar refractivity (Wildman–Crippen MR) is 147 cm³/mol. The highest BCUT2D eigenvalue weighted by molar-refractivity contribution is 6.32. The number of anilines is 2. The van der Waals surface area contributed by atoms with Gasteiger partial charge in [-0.15, -0.1) is 0 Å². The van der Waals surface area contributed by atoms with Crippen molar-refractivity contribution in [2.45, 2.75) is 57.4 Å². The van der Waals surface area contributed by atoms with Gasteiger partial charge in [0.25, 0.3) is 0 Å². The van der Waals surface area contributed by atoms with Crippen LogP contribution in [0.2, 0.25) is 5.15 Å². The molecule has 4 bridgehead atoms. The minimum Gasteiger partial charge on any atom is -0.453 e. The van der Waals surface area contributed by atoms with E-state index in [1.54, 1.807) is 24.3 Å². The van der Waals surface area contributed by atoms with E-state index in [1.807, 2.05) is 0 Å². The lowest BCUT2D eigenvalue weighted by Gasteiger charge is -2.24. The second-order valence-electron chi connectivity index (χ2n) is 10.0. The average Bonchev–Trinajstić information content (AvgIpc) is 3.34. The molecule has 10 nitrogen and oxygen atoms in total. The molecule has 1 atom stereocenters. The summed E-state index contributed by atoms with van der Waals surface area (Å²) >= 11 is 6.63. The summed E-state index contributed by atoms with van der Waals surface area (Å²) in [6.07, 6.45) is 4.41. The van der Waals surface area contributed by atoms with Crippen molar-refractivity contribution in [2.75, 3.05) is 17.7 Å². The van der Waals surface area contributed by atoms with E-state index in [9.17, 15) is 18.8 Å². The van der Waals surface area contributed by atoms with E-state index in [4.69, 9.17) is 16.6 Å². The number of nitrogens with zero attached hydrogens (tertiary/aromatic N) is 2. The number of ether oxygens (including phenoxy) is 1. The Morgan fingerprint density at radius 3 is 2.67 bits per heavy atom. The Balaban J connectivity index is 1.57. The summed E-state index contributed by atoms with van der Waals surface area (Å²) in [5.74, 6) is -0.638. The summed E-state index contributed by atoms with van der Waals surface area (Å²) in [4.78, 5) is 50.2. The molecule has 12 heteroatoms. The number of halogens is 2. The number of hydrogen-bond donors (Lipinski definition) is 4. The zero-order valence-corrected chi connectivity index (χ0v) is 22.7. The number of H-pyrrole nitrogens is 1. The van der Waals surface area contributed by atoms with Gasteiger partial charge < -0.3 is 20.4 Å². The fraction of sp³-hybridized carbons (Fsp3) is 0.393. The maximum atomic E-state index is 14.6. The lowest BCUT2D eigenvalue weighted by molar-refractivity contribution is -0.126. The minimum atomic E-state index is -0.676. The quantitative estimate of drug-likeness (QED) is 0.338. The highest BCUT2D eigenvalue weighted by Gasteiger charge is 2.28. The predicted octanol–water partition coefficient (Wildman–Crippen LogP) is 5.31. The fourth-order valence-electron chi connectivity index (χ4n) is 5.16. The lowest BCUT2D eigenvalue weighted by Crippen LogP contribution is -2.36. The van der Waals surface area contributed by atoms with Crippen molar-refractivity contribution in [3.8, 4) is 11.3 Å². The smallest absolute Gasteiger partial charge is 0.411 e. The van der Waals surface area contributed by atoms with E-state index < -0.39 is 18.0 Å². The first-order valence-electron chi connectivity index (χ1n) is 13.3. The molecule has 1 aromatic carbocycles. The number of aryl methyl sites for hydroxylation is 1. The Labute approximate surface area is 235 Å². The number of nitrogens with one attached hydrogen (secondary N) is 4. The van der Waals surface area contributed by atoms with Crippen LogP contribution < -0.4 is 16.0 Å². The molecule has 1 unspecified atom stereocenters. The number of fused-ring (bicyclic) bond motifs is 6. The summed E-state index contributed by atoms with van der Waals surface area (Å²) in [6, 6.07) is 7.14. The molecule has 0 saturated heterocycles. The molecular weight excluding hydrogens is 539 g/mol. The van der Waals surface area contributed by atoms with E-state index in [0.717, 1.165) is 32.1 Å². The van der Waals surface area contributed by atoms with Crippen LogP contribution in [0.4, 0.5) is 20.6 Å². The summed E-state index contributed by atoms with van der Waals surface area (Å²) in [5, 5.41) is 8.72. The Kier molecular flexibility index (Phi) is 8.29. The number of benzene rings is 1. The van der Waals surface area contributed by atoms with E-state index in [2.05, 4.69) is 30.7 Å². The van der Waals surface area contributed by atoms with Gasteiger partial charge in [-0.1, -0.05) is 30.9 Å². The third-order valence-corrected chi connectivity index (χ3v) is 7.53. The fourth-order valence-corrected chi connectivity index (χ4v) is 5.40. The largest absolute Gasteiger partial charge is 0.453 e. The number of hydrogen-bond acceptors (Lipinski definition) is 6. The molecule has 0 radical (unpaired) electrons. The summed E-state index contributed by atoms with van der Waals surface area (Å²) < 4.78 is 19.3. The first-order chi connectivity index (χ1) is 19.3. The van der Waals surface area contributed by atoms with Gasteiger partial charge in [-0.05, 0) is 43.2 Å². The van der Waals surface area contributed by atoms with Gasteiger partial charge >= 0.3 is 6.09 Å². The van der Waals surface area contributed by atoms with E-state index in [0.29, 0.717) is 34.2 Å². The minimum absolute atomic E-state index is 0.0388. The SMILES string of the molecule is COC(=O)Nc1ccc2c(c1)NC(=O)CCc1nc(ccc1F)CC(NC(=O)C1CCCCC1)c1nc-2c(Cl)[nH]1. The molecule has 2 aliphatic rings. The van der Waals surface area contributed by atoms with Crippen LogP contribution in [0.3, 0.4) is 0 Å². The van der Waals surface area contributed by atoms with Crippen molar-refractivity contribution >= 4 is 40.9 Å². The second kappa shape index (κ2) is 12.0. The summed E-state index contributed by atoms with van der Waals surface area (Å²) in [7, 11) is 1.24. The summed E-state index contributed by atoms with van der Waals surface area (Å²) in [5.41, 5.74) is 2.27. The first kappa shape index (κ1) is 27.6. The molecule has 3 heterocycles. The molecule has 3 aromatic rings. The van der Waals surface area contributed by atoms with Crippen LogP contribution in [0.15, 0.2) is 30.3 Å². The van der Waals surface area contributed by atoms with Crippen molar-refractivity contribution in [3.05, 3.63) is 58.5 Å². The number of amides is 3. The molecule has 4 N–H and O–H groups in total. The van der Waals surface area contributed by atoms with Gasteiger partial charge in [0.05, 0.1) is 24.5 Å². The second-order valence-corrected chi connectivity index (χ2v) is 10.4. The number of rotatable bonds is 3. The number of pyridine rings is 1. The third-order valence-electron chi connectivity index (χ3n) is 7.26. The Hall–Kier alpha value is -3.99. The van der Waals surface area contributed by atoms with Crippen LogP contribution in [0.1, 0.15) is 61.8 Å². The van der Waals surface area contributed by atoms with E-state index in [1.165, 1.54) is 13.2 Å². The van der Waals surface area contributed by atoms with E-state index in [-0.39, 0.29) is 47.8 Å². The molecule has 1 fully saturated rings. The Morgan fingerprint density at radius 1 is 1.10 bits per heavy atom. The first-order valence-corrected chi connectivity index (χ1v) is 13.7. The highest BCUT2D eigenvalue weighted by atomic mass is 35.5. The van der Waals surface area contributed by atoms with Gasteiger partial charge in [-0.25, -0.2) is 14.2 Å². The van der Waals surface area contributed by atoms with Gasteiger partial charge in [0.1, 0.15) is 22.5 Å². The van der Waals surface area contributed by atoms with Crippen molar-refractivity contribution in [1.29, 1.82) is 0 Å². The molecule has 2 aromatic heterocycles. The molecule has 1 aliphatic heterocycles. The molecule has 5 rings (SSSR count). The molecule has 1 saturated carbocycles. The molecule has 3 amide bonds. The molecule has 40 heavy (non-hydrogen) atoms. The number of imidazole rings is 1. The summed E-state index contributed by atoms with van der Waals surface area (Å²) in [6.45, 7) is 0. The van der Waals surface area contributed by atoms with Gasteiger partial charge in [-0.2, -0.15) is 0 Å². The maximum absolute atomic E-state index is 14.6. The molecule has 210 valence electrons. The van der Waals surface area contributed by atoms with Gasteiger partial charge in [0, 0.05) is 42.1 Å². The van der Waals surface area contributed by atoms with Crippen LogP contribution in [0.5, 0.6) is 0 Å². The van der Waals surface area contributed by atoms with Crippen molar-refractivity contribution in [2.24, 2.45) is 5.92 Å².